The highest BCUT2D eigenvalue weighted by Gasteiger charge is 2.31. The molecule has 1 aromatic carbocycles. The number of ether oxygens (including phenoxy) is 1. The first kappa shape index (κ1) is 25.5. The summed E-state index contributed by atoms with van der Waals surface area (Å²) in [6.45, 7) is 12.3. The second-order valence-electron chi connectivity index (χ2n) is 10.4. The molecule has 33 heavy (non-hydrogen) atoms. The second kappa shape index (κ2) is 10.00. The van der Waals surface area contributed by atoms with Crippen molar-refractivity contribution in [1.29, 1.82) is 0 Å². The van der Waals surface area contributed by atoms with Gasteiger partial charge in [-0.3, -0.25) is 4.98 Å². The van der Waals surface area contributed by atoms with E-state index < -0.39 is 15.4 Å². The van der Waals surface area contributed by atoms with E-state index >= 15 is 0 Å². The lowest BCUT2D eigenvalue weighted by atomic mass is 10.0. The number of amides is 1. The Balaban J connectivity index is 1.86. The van der Waals surface area contributed by atoms with Gasteiger partial charge in [-0.05, 0) is 70.4 Å². The number of pyridine rings is 1. The maximum Gasteiger partial charge on any atom is 0.410 e. The molecule has 7 heteroatoms. The average Bonchev–Trinajstić information content (AvgIpc) is 3.54. The Labute approximate surface area is 198 Å². The molecule has 2 aromatic rings. The zero-order valence-electron chi connectivity index (χ0n) is 20.8. The molecular formula is C26H38N2O4S. The third kappa shape index (κ3) is 6.46. The lowest BCUT2D eigenvalue weighted by Gasteiger charge is -2.29. The lowest BCUT2D eigenvalue weighted by molar-refractivity contribution is 0.0226. The fourth-order valence-corrected chi connectivity index (χ4v) is 6.08. The van der Waals surface area contributed by atoms with Crippen molar-refractivity contribution in [3.63, 3.8) is 0 Å². The van der Waals surface area contributed by atoms with Gasteiger partial charge in [-0.2, -0.15) is 0 Å². The van der Waals surface area contributed by atoms with E-state index in [2.05, 4.69) is 11.9 Å². The molecule has 6 nitrogen and oxygen atoms in total. The van der Waals surface area contributed by atoms with Gasteiger partial charge in [0.1, 0.15) is 5.60 Å². The van der Waals surface area contributed by atoms with Gasteiger partial charge in [-0.1, -0.05) is 32.4 Å². The predicted molar refractivity (Wildman–Crippen MR) is 132 cm³/mol. The highest BCUT2D eigenvalue weighted by Crippen LogP contribution is 2.44. The highest BCUT2D eigenvalue weighted by molar-refractivity contribution is 7.91. The molecule has 0 radical (unpaired) electrons. The van der Waals surface area contributed by atoms with Crippen LogP contribution in [0.5, 0.6) is 0 Å². The van der Waals surface area contributed by atoms with Crippen LogP contribution >= 0.6 is 0 Å². The van der Waals surface area contributed by atoms with Crippen molar-refractivity contribution in [3.8, 4) is 0 Å². The summed E-state index contributed by atoms with van der Waals surface area (Å²) in [7, 11) is -3.56. The van der Waals surface area contributed by atoms with E-state index in [4.69, 9.17) is 4.74 Å². The van der Waals surface area contributed by atoms with Crippen LogP contribution in [0.3, 0.4) is 0 Å². The minimum absolute atomic E-state index is 0.0248. The molecule has 1 amide bonds. The predicted octanol–water partition coefficient (Wildman–Crippen LogP) is 5.87. The number of hydrogen-bond donors (Lipinski definition) is 0. The summed E-state index contributed by atoms with van der Waals surface area (Å²) >= 11 is 0. The van der Waals surface area contributed by atoms with Crippen molar-refractivity contribution < 1.29 is 17.9 Å². The van der Waals surface area contributed by atoms with Crippen molar-refractivity contribution in [2.24, 2.45) is 5.92 Å². The van der Waals surface area contributed by atoms with Crippen LogP contribution < -0.4 is 0 Å². The topological polar surface area (TPSA) is 76.6 Å². The standard InChI is InChI=1S/C26H38N2O4S/c1-7-8-14-28(25(29)32-26(4,5)6)16-18(2)17-33(30,31)23-11-9-10-21-19(3)27-15-22(24(21)23)20-12-13-20/h9-11,15,18,20H,7-8,12-14,16-17H2,1-6H3. The first-order valence-electron chi connectivity index (χ1n) is 12.0. The zero-order valence-corrected chi connectivity index (χ0v) is 21.7. The number of sulfone groups is 1. The molecule has 1 aromatic heterocycles. The Kier molecular flexibility index (Phi) is 7.72. The minimum atomic E-state index is -3.56. The lowest BCUT2D eigenvalue weighted by Crippen LogP contribution is -2.40. The van der Waals surface area contributed by atoms with Gasteiger partial charge in [0.05, 0.1) is 10.6 Å². The first-order valence-corrected chi connectivity index (χ1v) is 13.7. The SMILES string of the molecule is CCCCN(CC(C)CS(=O)(=O)c1cccc2c(C)ncc(C3CC3)c12)C(=O)OC(C)(C)C. The van der Waals surface area contributed by atoms with Gasteiger partial charge in [-0.15, -0.1) is 0 Å². The maximum absolute atomic E-state index is 13.6. The quantitative estimate of drug-likeness (QED) is 0.454. The molecule has 0 aliphatic heterocycles. The first-order chi connectivity index (χ1) is 15.4. The van der Waals surface area contributed by atoms with Gasteiger partial charge in [0.25, 0.3) is 0 Å². The molecule has 1 aliphatic carbocycles. The highest BCUT2D eigenvalue weighted by atomic mass is 32.2. The van der Waals surface area contributed by atoms with Gasteiger partial charge in [0, 0.05) is 35.8 Å². The summed E-state index contributed by atoms with van der Waals surface area (Å²) < 4.78 is 32.8. The fraction of sp³-hybridized carbons (Fsp3) is 0.615. The van der Waals surface area contributed by atoms with E-state index in [0.717, 1.165) is 47.7 Å². The van der Waals surface area contributed by atoms with Gasteiger partial charge < -0.3 is 9.64 Å². The Bertz CT molecular complexity index is 1100. The number of fused-ring (bicyclic) bond motifs is 1. The molecule has 1 heterocycles. The molecule has 182 valence electrons. The molecule has 1 saturated carbocycles. The van der Waals surface area contributed by atoms with Crippen LogP contribution in [-0.2, 0) is 14.6 Å². The van der Waals surface area contributed by atoms with E-state index in [-0.39, 0.29) is 17.8 Å². The fourth-order valence-electron chi connectivity index (χ4n) is 4.22. The van der Waals surface area contributed by atoms with Crippen LogP contribution in [0, 0.1) is 12.8 Å². The molecular weight excluding hydrogens is 436 g/mol. The number of unbranched alkanes of at least 4 members (excludes halogenated alkanes) is 1. The molecule has 1 atom stereocenters. The van der Waals surface area contributed by atoms with Gasteiger partial charge in [0.2, 0.25) is 0 Å². The minimum Gasteiger partial charge on any atom is -0.444 e. The molecule has 0 saturated heterocycles. The molecule has 1 fully saturated rings. The van der Waals surface area contributed by atoms with Crippen molar-refractivity contribution in [3.05, 3.63) is 35.7 Å². The second-order valence-corrected chi connectivity index (χ2v) is 12.4. The maximum atomic E-state index is 13.6. The number of hydrogen-bond acceptors (Lipinski definition) is 5. The van der Waals surface area contributed by atoms with Crippen molar-refractivity contribution in [2.75, 3.05) is 18.8 Å². The van der Waals surface area contributed by atoms with Crippen LogP contribution in [0.4, 0.5) is 4.79 Å². The zero-order chi connectivity index (χ0) is 24.4. The van der Waals surface area contributed by atoms with Crippen molar-refractivity contribution in [2.45, 2.75) is 83.6 Å². The molecule has 0 N–H and O–H groups in total. The van der Waals surface area contributed by atoms with E-state index in [1.807, 2.05) is 46.9 Å². The van der Waals surface area contributed by atoms with Crippen LogP contribution in [0.25, 0.3) is 10.8 Å². The summed E-state index contributed by atoms with van der Waals surface area (Å²) in [5.74, 6) is 0.135. The third-order valence-corrected chi connectivity index (χ3v) is 7.94. The number of carbonyl (C=O) groups is 1. The van der Waals surface area contributed by atoms with Crippen LogP contribution in [0.2, 0.25) is 0 Å². The van der Waals surface area contributed by atoms with Crippen LogP contribution in [0.15, 0.2) is 29.3 Å². The number of benzene rings is 1. The molecule has 1 aliphatic rings. The third-order valence-electron chi connectivity index (χ3n) is 5.92. The van der Waals surface area contributed by atoms with Gasteiger partial charge in [-0.25, -0.2) is 13.2 Å². The number of aromatic nitrogens is 1. The Morgan fingerprint density at radius 1 is 1.27 bits per heavy atom. The monoisotopic (exact) mass is 474 g/mol. The summed E-state index contributed by atoms with van der Waals surface area (Å²) in [6.07, 6.45) is 5.41. The molecule has 0 bridgehead atoms. The van der Waals surface area contributed by atoms with Gasteiger partial charge in [0.15, 0.2) is 9.84 Å². The number of carbonyl (C=O) groups excluding carboxylic acids is 1. The Hall–Kier alpha value is -2.15. The summed E-state index contributed by atoms with van der Waals surface area (Å²) in [5, 5.41) is 1.74. The Morgan fingerprint density at radius 2 is 1.97 bits per heavy atom. The van der Waals surface area contributed by atoms with E-state index in [9.17, 15) is 13.2 Å². The van der Waals surface area contributed by atoms with Crippen molar-refractivity contribution in [1.82, 2.24) is 9.88 Å². The largest absolute Gasteiger partial charge is 0.444 e. The van der Waals surface area contributed by atoms with E-state index in [1.54, 1.807) is 17.0 Å². The number of nitrogens with zero attached hydrogens (tertiary/aromatic N) is 2. The molecule has 0 spiro atoms. The van der Waals surface area contributed by atoms with E-state index in [0.29, 0.717) is 23.9 Å². The van der Waals surface area contributed by atoms with Crippen LogP contribution in [-0.4, -0.2) is 48.8 Å². The van der Waals surface area contributed by atoms with Crippen molar-refractivity contribution >= 4 is 26.7 Å². The average molecular weight is 475 g/mol. The summed E-state index contributed by atoms with van der Waals surface area (Å²) in [5.41, 5.74) is 1.29. The smallest absolute Gasteiger partial charge is 0.410 e. The van der Waals surface area contributed by atoms with Gasteiger partial charge >= 0.3 is 6.09 Å². The Morgan fingerprint density at radius 3 is 2.58 bits per heavy atom. The number of aryl methyl sites for hydroxylation is 1. The molecule has 3 rings (SSSR count). The summed E-state index contributed by atoms with van der Waals surface area (Å²) in [6, 6.07) is 5.49. The molecule has 1 unspecified atom stereocenters. The summed E-state index contributed by atoms with van der Waals surface area (Å²) in [4.78, 5) is 19.3. The van der Waals surface area contributed by atoms with E-state index in [1.165, 1.54) is 0 Å². The normalized spacial score (nSPS) is 15.5. The van der Waals surface area contributed by atoms with Crippen LogP contribution in [0.1, 0.15) is 77.5 Å². The number of rotatable bonds is 9.